The molecule has 1 fully saturated rings. The van der Waals surface area contributed by atoms with Gasteiger partial charge in [0.1, 0.15) is 6.04 Å². The Morgan fingerprint density at radius 1 is 1.25 bits per heavy atom. The number of nitrogens with zero attached hydrogens (tertiary/aromatic N) is 2. The molecule has 0 aliphatic carbocycles. The summed E-state index contributed by atoms with van der Waals surface area (Å²) >= 11 is 0. The van der Waals surface area contributed by atoms with Gasteiger partial charge in [-0.1, -0.05) is 30.3 Å². The van der Waals surface area contributed by atoms with Gasteiger partial charge in [0.15, 0.2) is 0 Å². The highest BCUT2D eigenvalue weighted by Gasteiger charge is 2.31. The van der Waals surface area contributed by atoms with Crippen LogP contribution in [0, 0.1) is 0 Å². The van der Waals surface area contributed by atoms with Gasteiger partial charge in [0.25, 0.3) is 0 Å². The van der Waals surface area contributed by atoms with Crippen LogP contribution in [-0.2, 0) is 6.54 Å². The van der Waals surface area contributed by atoms with E-state index in [1.54, 1.807) is 0 Å². The highest BCUT2D eigenvalue weighted by Crippen LogP contribution is 2.19. The summed E-state index contributed by atoms with van der Waals surface area (Å²) in [6.45, 7) is 3.59. The molecule has 90 valence electrons. The molecule has 1 aliphatic heterocycles. The van der Waals surface area contributed by atoms with Crippen LogP contribution in [0.25, 0.3) is 0 Å². The maximum atomic E-state index is 2.57. The molecular weight excluding hydrogens is 196 g/mol. The molecule has 0 aromatic heterocycles. The predicted molar refractivity (Wildman–Crippen MR) is 70.3 cm³/mol. The lowest BCUT2D eigenvalue weighted by Gasteiger charge is -2.31. The summed E-state index contributed by atoms with van der Waals surface area (Å²) in [5.74, 6) is 0. The van der Waals surface area contributed by atoms with Crippen LogP contribution in [0.15, 0.2) is 30.3 Å². The molecule has 0 spiro atoms. The van der Waals surface area contributed by atoms with Crippen LogP contribution in [0.1, 0.15) is 13.4 Å². The molecule has 1 unspecified atom stereocenters. The Bertz CT molecular complexity index is 332. The first kappa shape index (κ1) is 11.6. The molecule has 0 radical (unpaired) electrons. The third-order valence-electron chi connectivity index (χ3n) is 3.59. The van der Waals surface area contributed by atoms with E-state index in [9.17, 15) is 0 Å². The van der Waals surface area contributed by atoms with Gasteiger partial charge in [-0.25, -0.2) is 0 Å². The number of hydrogen-bond acceptors (Lipinski definition) is 1. The van der Waals surface area contributed by atoms with E-state index in [-0.39, 0.29) is 1.43 Å². The van der Waals surface area contributed by atoms with E-state index < -0.39 is 0 Å². The Hall–Kier alpha value is -0.860. The summed E-state index contributed by atoms with van der Waals surface area (Å²) in [6.07, 6.45) is 1.33. The lowest BCUT2D eigenvalue weighted by Crippen LogP contribution is -2.46. The van der Waals surface area contributed by atoms with E-state index in [0.717, 1.165) is 17.1 Å². The van der Waals surface area contributed by atoms with Crippen molar-refractivity contribution >= 4 is 0 Å². The van der Waals surface area contributed by atoms with Crippen LogP contribution in [0.5, 0.6) is 0 Å². The first-order valence-electron chi connectivity index (χ1n) is 6.13. The molecule has 0 N–H and O–H groups in total. The van der Waals surface area contributed by atoms with Gasteiger partial charge in [0, 0.05) is 20.9 Å². The smallest absolute Gasteiger partial charge is 0.102 e. The fourth-order valence-electron chi connectivity index (χ4n) is 2.43. The molecule has 16 heavy (non-hydrogen) atoms. The number of benzene rings is 1. The average molecular weight is 221 g/mol. The molecule has 1 atom stereocenters. The lowest BCUT2D eigenvalue weighted by molar-refractivity contribution is -0.893. The van der Waals surface area contributed by atoms with Gasteiger partial charge in [0.2, 0.25) is 0 Å². The van der Waals surface area contributed by atoms with Gasteiger partial charge in [-0.05, 0) is 5.56 Å². The monoisotopic (exact) mass is 221 g/mol. The number of likely N-dealkylation sites (tertiary alicyclic amines) is 1. The first-order chi connectivity index (χ1) is 7.55. The van der Waals surface area contributed by atoms with Crippen molar-refractivity contribution in [3.63, 3.8) is 0 Å². The minimum atomic E-state index is 0. The zero-order chi connectivity index (χ0) is 11.6. The Morgan fingerprint density at radius 3 is 2.50 bits per heavy atom. The second-order valence-electron chi connectivity index (χ2n) is 5.78. The SMILES string of the molecule is C[N+](C)(C)C1CCN(Cc2ccccc2)C1.[HH]. The van der Waals surface area contributed by atoms with Gasteiger partial charge in [0.05, 0.1) is 27.7 Å². The number of rotatable bonds is 3. The third-order valence-corrected chi connectivity index (χ3v) is 3.59. The molecule has 0 saturated carbocycles. The van der Waals surface area contributed by atoms with Crippen LogP contribution in [0.3, 0.4) is 0 Å². The third kappa shape index (κ3) is 2.83. The maximum Gasteiger partial charge on any atom is 0.102 e. The van der Waals surface area contributed by atoms with Gasteiger partial charge < -0.3 is 4.48 Å². The van der Waals surface area contributed by atoms with Crippen molar-refractivity contribution in [2.24, 2.45) is 0 Å². The number of hydrogen-bond donors (Lipinski definition) is 0. The summed E-state index contributed by atoms with van der Waals surface area (Å²) in [5, 5.41) is 0. The quantitative estimate of drug-likeness (QED) is 0.707. The molecule has 1 heterocycles. The van der Waals surface area contributed by atoms with Gasteiger partial charge >= 0.3 is 0 Å². The Morgan fingerprint density at radius 2 is 1.94 bits per heavy atom. The van der Waals surface area contributed by atoms with Gasteiger partial charge in [-0.2, -0.15) is 0 Å². The standard InChI is InChI=1S/C14H23N2.H2/c1-16(2,3)14-9-10-15(12-14)11-13-7-5-4-6-8-13;/h4-8,14H,9-12H2,1-3H3;1H/q+1;. The van der Waals surface area contributed by atoms with Crippen molar-refractivity contribution in [3.8, 4) is 0 Å². The van der Waals surface area contributed by atoms with E-state index in [1.165, 1.54) is 25.1 Å². The van der Waals surface area contributed by atoms with E-state index in [4.69, 9.17) is 0 Å². The van der Waals surface area contributed by atoms with Crippen molar-refractivity contribution in [1.82, 2.24) is 4.90 Å². The molecule has 2 rings (SSSR count). The number of quaternary nitrogens is 1. The maximum absolute atomic E-state index is 2.57. The average Bonchev–Trinajstić information content (AvgIpc) is 2.67. The normalized spacial score (nSPS) is 22.6. The molecule has 1 aliphatic rings. The van der Waals surface area contributed by atoms with E-state index in [2.05, 4.69) is 56.4 Å². The second kappa shape index (κ2) is 4.56. The van der Waals surface area contributed by atoms with E-state index in [0.29, 0.717) is 0 Å². The van der Waals surface area contributed by atoms with Gasteiger partial charge in [-0.3, -0.25) is 4.90 Å². The van der Waals surface area contributed by atoms with Crippen molar-refractivity contribution in [3.05, 3.63) is 35.9 Å². The van der Waals surface area contributed by atoms with Crippen LogP contribution in [0.2, 0.25) is 0 Å². The van der Waals surface area contributed by atoms with E-state index in [1.807, 2.05) is 0 Å². The summed E-state index contributed by atoms with van der Waals surface area (Å²) in [7, 11) is 6.91. The summed E-state index contributed by atoms with van der Waals surface area (Å²) < 4.78 is 1.09. The molecule has 0 bridgehead atoms. The Balaban J connectivity index is 0.00000144. The molecule has 0 amide bonds. The highest BCUT2D eigenvalue weighted by molar-refractivity contribution is 5.14. The van der Waals surface area contributed by atoms with Crippen LogP contribution < -0.4 is 0 Å². The van der Waals surface area contributed by atoms with Crippen LogP contribution in [-0.4, -0.2) is 49.7 Å². The fraction of sp³-hybridized carbons (Fsp3) is 0.571. The molecular formula is C14H25N2+. The largest absolute Gasteiger partial charge is 0.327 e. The minimum Gasteiger partial charge on any atom is -0.327 e. The number of likely N-dealkylation sites (N-methyl/N-ethyl adjacent to an activating group) is 1. The first-order valence-corrected chi connectivity index (χ1v) is 6.13. The Labute approximate surface area is 101 Å². The fourth-order valence-corrected chi connectivity index (χ4v) is 2.43. The van der Waals surface area contributed by atoms with E-state index >= 15 is 0 Å². The summed E-state index contributed by atoms with van der Waals surface area (Å²) in [5.41, 5.74) is 1.43. The topological polar surface area (TPSA) is 3.24 Å². The van der Waals surface area contributed by atoms with Crippen molar-refractivity contribution in [2.75, 3.05) is 34.2 Å². The second-order valence-corrected chi connectivity index (χ2v) is 5.78. The molecule has 1 aromatic rings. The van der Waals surface area contributed by atoms with Crippen LogP contribution in [0.4, 0.5) is 0 Å². The zero-order valence-electron chi connectivity index (χ0n) is 10.7. The van der Waals surface area contributed by atoms with Crippen LogP contribution >= 0.6 is 0 Å². The van der Waals surface area contributed by atoms with Crippen molar-refractivity contribution in [2.45, 2.75) is 19.0 Å². The predicted octanol–water partition coefficient (Wildman–Crippen LogP) is 2.21. The van der Waals surface area contributed by atoms with Gasteiger partial charge in [-0.15, -0.1) is 0 Å². The molecule has 1 saturated heterocycles. The summed E-state index contributed by atoms with van der Waals surface area (Å²) in [4.78, 5) is 2.57. The molecule has 2 nitrogen and oxygen atoms in total. The minimum absolute atomic E-state index is 0. The highest BCUT2D eigenvalue weighted by atomic mass is 15.3. The Kier molecular flexibility index (Phi) is 3.31. The zero-order valence-corrected chi connectivity index (χ0v) is 10.7. The lowest BCUT2D eigenvalue weighted by atomic mass is 10.2. The van der Waals surface area contributed by atoms with Crippen molar-refractivity contribution in [1.29, 1.82) is 0 Å². The molecule has 2 heteroatoms. The molecule has 1 aromatic carbocycles. The summed E-state index contributed by atoms with van der Waals surface area (Å²) in [6, 6.07) is 11.6. The van der Waals surface area contributed by atoms with Crippen molar-refractivity contribution < 1.29 is 5.91 Å².